The number of benzene rings is 7. The number of hydrogen-bond acceptors (Lipinski definition) is 3. The molecule has 0 unspecified atom stereocenters. The smallest absolute Gasteiger partial charge is 0.160 e. The van der Waals surface area contributed by atoms with Gasteiger partial charge < -0.3 is 0 Å². The molecule has 9 aromatic rings. The Kier molecular flexibility index (Phi) is 8.53. The zero-order valence-electron chi connectivity index (χ0n) is 36.4. The molecule has 308 valence electrons. The van der Waals surface area contributed by atoms with Crippen molar-refractivity contribution in [1.29, 1.82) is 0 Å². The molecular weight excluding hydrogens is 793 g/mol. The van der Waals surface area contributed by atoms with Crippen molar-refractivity contribution in [1.82, 2.24) is 9.97 Å². The molecule has 0 radical (unpaired) electrons. The third-order valence-corrected chi connectivity index (χ3v) is 16.4. The maximum Gasteiger partial charge on any atom is 0.160 e. The van der Waals surface area contributed by atoms with Gasteiger partial charge in [-0.2, -0.15) is 0 Å². The normalized spacial score (nSPS) is 16.4. The lowest BCUT2D eigenvalue weighted by Gasteiger charge is -2.36. The Morgan fingerprint density at radius 2 is 1.17 bits per heavy atom. The minimum absolute atomic E-state index is 0.108. The maximum absolute atomic E-state index is 5.27. The Bertz CT molecular complexity index is 3430. The van der Waals surface area contributed by atoms with Gasteiger partial charge in [0.1, 0.15) is 0 Å². The lowest BCUT2D eigenvalue weighted by molar-refractivity contribution is 0.353. The van der Waals surface area contributed by atoms with Gasteiger partial charge in [-0.05, 0) is 129 Å². The first kappa shape index (κ1) is 37.8. The molecule has 2 heterocycles. The van der Waals surface area contributed by atoms with Gasteiger partial charge in [0.2, 0.25) is 0 Å². The van der Waals surface area contributed by atoms with Crippen molar-refractivity contribution in [2.45, 2.75) is 69.6 Å². The van der Waals surface area contributed by atoms with E-state index < -0.39 is 0 Å². The summed E-state index contributed by atoms with van der Waals surface area (Å²) in [6.45, 7) is 4.87. The molecule has 7 aromatic carbocycles. The van der Waals surface area contributed by atoms with Gasteiger partial charge in [0, 0.05) is 47.7 Å². The molecule has 2 aromatic heterocycles. The third kappa shape index (κ3) is 5.76. The van der Waals surface area contributed by atoms with Gasteiger partial charge in [-0.3, -0.25) is 0 Å². The maximum atomic E-state index is 5.27. The van der Waals surface area contributed by atoms with Crippen molar-refractivity contribution in [2.75, 3.05) is 0 Å². The molecule has 13 rings (SSSR count). The number of aromatic nitrogens is 2. The molecule has 1 spiro atoms. The predicted octanol–water partition coefficient (Wildman–Crippen LogP) is 16.8. The van der Waals surface area contributed by atoms with E-state index in [1.54, 1.807) is 11.1 Å². The monoisotopic (exact) mass is 840 g/mol. The summed E-state index contributed by atoms with van der Waals surface area (Å²) in [6.07, 6.45) is 15.3. The number of hydrogen-bond donors (Lipinski definition) is 0. The Balaban J connectivity index is 0.889. The van der Waals surface area contributed by atoms with Crippen LogP contribution >= 0.6 is 11.3 Å². The van der Waals surface area contributed by atoms with Gasteiger partial charge in [0.15, 0.2) is 5.82 Å². The quantitative estimate of drug-likeness (QED) is 0.173. The Hall–Kier alpha value is -6.68. The van der Waals surface area contributed by atoms with Crippen LogP contribution in [0.4, 0.5) is 0 Å². The minimum atomic E-state index is -0.108. The lowest BCUT2D eigenvalue weighted by atomic mass is 9.67. The molecule has 0 atom stereocenters. The molecule has 1 fully saturated rings. The van der Waals surface area contributed by atoms with Crippen LogP contribution in [0.25, 0.3) is 93.0 Å². The molecule has 3 heteroatoms. The molecular formula is C61H48N2S. The summed E-state index contributed by atoms with van der Waals surface area (Å²) in [7, 11) is 0. The number of thiophene rings is 1. The summed E-state index contributed by atoms with van der Waals surface area (Å²) in [6, 6.07) is 57.1. The highest BCUT2D eigenvalue weighted by molar-refractivity contribution is 7.26. The number of nitrogens with zero attached hydrogens (tertiary/aromatic N) is 2. The lowest BCUT2D eigenvalue weighted by Crippen LogP contribution is -2.28. The average Bonchev–Trinajstić information content (AvgIpc) is 3.94. The highest BCUT2D eigenvalue weighted by Crippen LogP contribution is 2.60. The van der Waals surface area contributed by atoms with Crippen LogP contribution in [0.15, 0.2) is 170 Å². The molecule has 4 aliphatic carbocycles. The standard InChI is InChI=1S/C61H48N2S/c1-60(2)52-34-43(27-29-45(52)48-36-54-49(35-53(48)60)44-19-10-11-22-51(44)61(54)31-12-5-13-32-61)42-28-30-57-50(33-42)46-20-14-21-47(58(46)64-57)56-37-55(62-59(63-56)41-17-8-4-9-18-41)40-25-23-39(24-26-40)38-15-6-3-7-16-38/h3-4,6,8-11,14-15,17-30,33-37H,5,7,12-13,16,31-32H2,1-2H3. The van der Waals surface area contributed by atoms with Gasteiger partial charge in [-0.1, -0.05) is 167 Å². The number of allylic oxidation sites excluding steroid dienone is 4. The van der Waals surface area contributed by atoms with E-state index in [9.17, 15) is 0 Å². The molecule has 4 aliphatic rings. The zero-order chi connectivity index (χ0) is 42.6. The first-order valence-electron chi connectivity index (χ1n) is 23.2. The van der Waals surface area contributed by atoms with E-state index in [0.717, 1.165) is 46.7 Å². The van der Waals surface area contributed by atoms with Crippen LogP contribution in [0.2, 0.25) is 0 Å². The summed E-state index contributed by atoms with van der Waals surface area (Å²) in [5, 5.41) is 2.55. The fraction of sp³-hybridized carbons (Fsp3) is 0.180. The highest BCUT2D eigenvalue weighted by Gasteiger charge is 2.46. The van der Waals surface area contributed by atoms with Crippen molar-refractivity contribution in [2.24, 2.45) is 0 Å². The SMILES string of the molecule is CC1(C)c2cc(-c3ccc4sc5c(-c6cc(-c7ccc(C8=CC=CCC8)cc7)nc(-c7ccccc7)n6)cccc5c4c3)ccc2-c2cc3c(cc21)-c1ccccc1C31CCCCC1. The van der Waals surface area contributed by atoms with Crippen molar-refractivity contribution in [3.05, 3.63) is 198 Å². The van der Waals surface area contributed by atoms with E-state index in [1.807, 2.05) is 17.4 Å². The van der Waals surface area contributed by atoms with Crippen LogP contribution in [0.3, 0.4) is 0 Å². The first-order chi connectivity index (χ1) is 31.4. The molecule has 1 saturated carbocycles. The molecule has 64 heavy (non-hydrogen) atoms. The van der Waals surface area contributed by atoms with Crippen LogP contribution in [-0.4, -0.2) is 9.97 Å². The van der Waals surface area contributed by atoms with E-state index in [0.29, 0.717) is 0 Å². The third-order valence-electron chi connectivity index (χ3n) is 15.2. The van der Waals surface area contributed by atoms with E-state index in [4.69, 9.17) is 9.97 Å². The van der Waals surface area contributed by atoms with Crippen molar-refractivity contribution in [3.8, 4) is 67.3 Å². The number of fused-ring (bicyclic) bond motifs is 11. The summed E-state index contributed by atoms with van der Waals surface area (Å²) in [5.41, 5.74) is 22.1. The van der Waals surface area contributed by atoms with Crippen LogP contribution < -0.4 is 0 Å². The van der Waals surface area contributed by atoms with E-state index in [-0.39, 0.29) is 10.8 Å². The van der Waals surface area contributed by atoms with Gasteiger partial charge in [0.25, 0.3) is 0 Å². The van der Waals surface area contributed by atoms with E-state index >= 15 is 0 Å². The molecule has 0 saturated heterocycles. The van der Waals surface area contributed by atoms with Crippen molar-refractivity contribution >= 4 is 37.1 Å². The molecule has 0 amide bonds. The van der Waals surface area contributed by atoms with Crippen LogP contribution in [-0.2, 0) is 10.8 Å². The average molecular weight is 841 g/mol. The topological polar surface area (TPSA) is 25.8 Å². The number of rotatable bonds is 5. The van der Waals surface area contributed by atoms with Crippen LogP contribution in [0, 0.1) is 0 Å². The zero-order valence-corrected chi connectivity index (χ0v) is 37.2. The van der Waals surface area contributed by atoms with Gasteiger partial charge in [-0.25, -0.2) is 9.97 Å². The second-order valence-corrected chi connectivity index (χ2v) is 20.1. The second kappa shape index (κ2) is 14.4. The summed E-state index contributed by atoms with van der Waals surface area (Å²) >= 11 is 1.86. The van der Waals surface area contributed by atoms with E-state index in [1.165, 1.54) is 108 Å². The van der Waals surface area contributed by atoms with E-state index in [2.05, 4.69) is 178 Å². The largest absolute Gasteiger partial charge is 0.228 e. The van der Waals surface area contributed by atoms with Gasteiger partial charge in [0.05, 0.1) is 11.4 Å². The fourth-order valence-corrected chi connectivity index (χ4v) is 13.1. The fourth-order valence-electron chi connectivity index (χ4n) is 11.9. The van der Waals surface area contributed by atoms with Crippen LogP contribution in [0.5, 0.6) is 0 Å². The highest BCUT2D eigenvalue weighted by atomic mass is 32.1. The molecule has 0 aliphatic heterocycles. The first-order valence-corrected chi connectivity index (χ1v) is 24.1. The Morgan fingerprint density at radius 3 is 2.02 bits per heavy atom. The van der Waals surface area contributed by atoms with Gasteiger partial charge in [-0.15, -0.1) is 11.3 Å². The summed E-state index contributed by atoms with van der Waals surface area (Å²) < 4.78 is 2.54. The van der Waals surface area contributed by atoms with Crippen LogP contribution in [0.1, 0.15) is 86.6 Å². The predicted molar refractivity (Wildman–Crippen MR) is 270 cm³/mol. The van der Waals surface area contributed by atoms with Crippen molar-refractivity contribution < 1.29 is 0 Å². The second-order valence-electron chi connectivity index (χ2n) is 19.1. The Morgan fingerprint density at radius 1 is 0.484 bits per heavy atom. The molecule has 2 nitrogen and oxygen atoms in total. The summed E-state index contributed by atoms with van der Waals surface area (Å²) in [5.74, 6) is 0.738. The summed E-state index contributed by atoms with van der Waals surface area (Å²) in [4.78, 5) is 10.4. The molecule has 0 bridgehead atoms. The van der Waals surface area contributed by atoms with Gasteiger partial charge >= 0.3 is 0 Å². The Labute approximate surface area is 379 Å². The van der Waals surface area contributed by atoms with Crippen molar-refractivity contribution in [3.63, 3.8) is 0 Å². The minimum Gasteiger partial charge on any atom is -0.228 e. The molecule has 0 N–H and O–H groups in total.